The van der Waals surface area contributed by atoms with Gasteiger partial charge in [-0.2, -0.15) is 5.10 Å². The third kappa shape index (κ3) is 4.60. The molecule has 0 aliphatic rings. The van der Waals surface area contributed by atoms with E-state index in [1.807, 2.05) is 36.4 Å². The van der Waals surface area contributed by atoms with Gasteiger partial charge in [-0.1, -0.05) is 30.3 Å². The van der Waals surface area contributed by atoms with Crippen LogP contribution in [0.25, 0.3) is 11.4 Å². The van der Waals surface area contributed by atoms with Gasteiger partial charge in [0.05, 0.1) is 7.11 Å². The Morgan fingerprint density at radius 2 is 1.81 bits per heavy atom. The molecule has 1 aromatic heterocycles. The molecular weight excluding hydrogens is 328 g/mol. The first-order chi connectivity index (χ1) is 12.8. The average molecular weight is 350 g/mol. The minimum atomic E-state index is 0.653. The average Bonchev–Trinajstić information content (AvgIpc) is 3.23. The number of methoxy groups -OCH3 is 1. The van der Waals surface area contributed by atoms with Crippen molar-refractivity contribution in [3.63, 3.8) is 0 Å². The highest BCUT2D eigenvalue weighted by atomic mass is 16.5. The number of ether oxygens (including phenoxy) is 1. The van der Waals surface area contributed by atoms with E-state index in [1.165, 1.54) is 6.33 Å². The summed E-state index contributed by atoms with van der Waals surface area (Å²) < 4.78 is 5.25. The van der Waals surface area contributed by atoms with Crippen LogP contribution in [0, 0.1) is 0 Å². The second kappa shape index (κ2) is 8.66. The van der Waals surface area contributed by atoms with Gasteiger partial charge in [-0.05, 0) is 29.3 Å². The van der Waals surface area contributed by atoms with Crippen molar-refractivity contribution >= 4 is 5.96 Å². The predicted molar refractivity (Wildman–Crippen MR) is 102 cm³/mol. The van der Waals surface area contributed by atoms with E-state index in [2.05, 4.69) is 42.9 Å². The standard InChI is InChI=1S/C19H22N6O/c1-20-19(22-12-15-6-4-8-17(10-15)26-2)21-11-14-5-3-7-16(9-14)18-23-13-24-25-18/h3-10,13H,11-12H2,1-2H3,(H2,20,21,22)(H,23,24,25). The zero-order valence-corrected chi connectivity index (χ0v) is 14.9. The molecule has 0 bridgehead atoms. The molecule has 0 amide bonds. The fourth-order valence-electron chi connectivity index (χ4n) is 2.55. The molecule has 3 N–H and O–H groups in total. The molecule has 3 aromatic rings. The molecule has 0 radical (unpaired) electrons. The van der Waals surface area contributed by atoms with Gasteiger partial charge in [0, 0.05) is 25.7 Å². The highest BCUT2D eigenvalue weighted by Gasteiger charge is 2.04. The summed E-state index contributed by atoms with van der Waals surface area (Å²) in [7, 11) is 3.42. The lowest BCUT2D eigenvalue weighted by molar-refractivity contribution is 0.414. The van der Waals surface area contributed by atoms with Crippen molar-refractivity contribution in [1.82, 2.24) is 25.8 Å². The number of hydrogen-bond acceptors (Lipinski definition) is 4. The van der Waals surface area contributed by atoms with Crippen molar-refractivity contribution < 1.29 is 4.74 Å². The van der Waals surface area contributed by atoms with E-state index in [9.17, 15) is 0 Å². The van der Waals surface area contributed by atoms with Crippen LogP contribution in [0.4, 0.5) is 0 Å². The summed E-state index contributed by atoms with van der Waals surface area (Å²) in [5.41, 5.74) is 3.25. The van der Waals surface area contributed by atoms with Crippen molar-refractivity contribution in [2.24, 2.45) is 4.99 Å². The summed E-state index contributed by atoms with van der Waals surface area (Å²) in [5, 5.41) is 13.4. The van der Waals surface area contributed by atoms with E-state index in [4.69, 9.17) is 4.74 Å². The molecule has 7 heteroatoms. The summed E-state index contributed by atoms with van der Waals surface area (Å²) in [5.74, 6) is 2.33. The number of benzene rings is 2. The van der Waals surface area contributed by atoms with Crippen LogP contribution >= 0.6 is 0 Å². The molecule has 7 nitrogen and oxygen atoms in total. The van der Waals surface area contributed by atoms with Crippen LogP contribution in [0.1, 0.15) is 11.1 Å². The Labute approximate surface area is 152 Å². The molecule has 0 aliphatic heterocycles. The third-order valence-corrected chi connectivity index (χ3v) is 3.89. The number of aromatic nitrogens is 3. The van der Waals surface area contributed by atoms with Crippen molar-refractivity contribution in [3.8, 4) is 17.1 Å². The highest BCUT2D eigenvalue weighted by molar-refractivity contribution is 5.79. The van der Waals surface area contributed by atoms with Crippen LogP contribution in [0.5, 0.6) is 5.75 Å². The molecule has 0 unspecified atom stereocenters. The first kappa shape index (κ1) is 17.5. The summed E-state index contributed by atoms with van der Waals surface area (Å²) in [6, 6.07) is 16.1. The lowest BCUT2D eigenvalue weighted by atomic mass is 10.1. The molecule has 134 valence electrons. The van der Waals surface area contributed by atoms with E-state index < -0.39 is 0 Å². The minimum absolute atomic E-state index is 0.653. The first-order valence-electron chi connectivity index (χ1n) is 8.30. The molecule has 0 saturated carbocycles. The predicted octanol–water partition coefficient (Wildman–Crippen LogP) is 2.35. The Balaban J connectivity index is 1.56. The SMILES string of the molecule is CN=C(NCc1cccc(OC)c1)NCc1cccc(-c2ncn[nH]2)c1. The molecule has 0 aliphatic carbocycles. The monoisotopic (exact) mass is 350 g/mol. The Morgan fingerprint density at radius 3 is 2.46 bits per heavy atom. The molecule has 0 spiro atoms. The largest absolute Gasteiger partial charge is 0.497 e. The smallest absolute Gasteiger partial charge is 0.191 e. The van der Waals surface area contributed by atoms with Crippen molar-refractivity contribution in [2.75, 3.05) is 14.2 Å². The second-order valence-electron chi connectivity index (χ2n) is 5.67. The summed E-state index contributed by atoms with van der Waals surface area (Å²) in [6.07, 6.45) is 1.50. The number of aliphatic imine (C=N–C) groups is 1. The van der Waals surface area contributed by atoms with Gasteiger partial charge in [-0.25, -0.2) is 4.98 Å². The number of H-pyrrole nitrogens is 1. The van der Waals surface area contributed by atoms with Crippen LogP contribution in [0.2, 0.25) is 0 Å². The maximum atomic E-state index is 5.25. The zero-order chi connectivity index (χ0) is 18.2. The Hall–Kier alpha value is -3.35. The number of guanidine groups is 1. The van der Waals surface area contributed by atoms with Crippen LogP contribution < -0.4 is 15.4 Å². The number of hydrogen-bond donors (Lipinski definition) is 3. The van der Waals surface area contributed by atoms with Gasteiger partial charge in [0.25, 0.3) is 0 Å². The number of aromatic amines is 1. The molecule has 2 aromatic carbocycles. The van der Waals surface area contributed by atoms with Crippen molar-refractivity contribution in [1.29, 1.82) is 0 Å². The maximum Gasteiger partial charge on any atom is 0.191 e. The summed E-state index contributed by atoms with van der Waals surface area (Å²) in [4.78, 5) is 8.45. The molecule has 26 heavy (non-hydrogen) atoms. The van der Waals surface area contributed by atoms with E-state index in [1.54, 1.807) is 14.2 Å². The van der Waals surface area contributed by atoms with Crippen LogP contribution in [0.15, 0.2) is 59.9 Å². The van der Waals surface area contributed by atoms with Gasteiger partial charge < -0.3 is 15.4 Å². The zero-order valence-electron chi connectivity index (χ0n) is 14.9. The van der Waals surface area contributed by atoms with Gasteiger partial charge >= 0.3 is 0 Å². The summed E-state index contributed by atoms with van der Waals surface area (Å²) in [6.45, 7) is 1.31. The van der Waals surface area contributed by atoms with E-state index in [0.29, 0.717) is 13.1 Å². The van der Waals surface area contributed by atoms with Crippen molar-refractivity contribution in [2.45, 2.75) is 13.1 Å². The van der Waals surface area contributed by atoms with Gasteiger partial charge in [0.15, 0.2) is 11.8 Å². The lowest BCUT2D eigenvalue weighted by Gasteiger charge is -2.13. The summed E-state index contributed by atoms with van der Waals surface area (Å²) >= 11 is 0. The fraction of sp³-hybridized carbons (Fsp3) is 0.211. The van der Waals surface area contributed by atoms with E-state index in [-0.39, 0.29) is 0 Å². The molecule has 1 heterocycles. The molecular formula is C19H22N6O. The van der Waals surface area contributed by atoms with Crippen LogP contribution in [0.3, 0.4) is 0 Å². The van der Waals surface area contributed by atoms with Gasteiger partial charge in [-0.3, -0.25) is 10.1 Å². The molecule has 0 atom stereocenters. The minimum Gasteiger partial charge on any atom is -0.497 e. The number of nitrogens with one attached hydrogen (secondary N) is 3. The Morgan fingerprint density at radius 1 is 1.08 bits per heavy atom. The van der Waals surface area contributed by atoms with Crippen molar-refractivity contribution in [3.05, 3.63) is 66.0 Å². The van der Waals surface area contributed by atoms with Crippen LogP contribution in [-0.2, 0) is 13.1 Å². The molecule has 3 rings (SSSR count). The topological polar surface area (TPSA) is 87.2 Å². The lowest BCUT2D eigenvalue weighted by Crippen LogP contribution is -2.36. The van der Waals surface area contributed by atoms with E-state index in [0.717, 1.165) is 34.2 Å². The highest BCUT2D eigenvalue weighted by Crippen LogP contribution is 2.15. The fourth-order valence-corrected chi connectivity index (χ4v) is 2.55. The normalized spacial score (nSPS) is 11.2. The number of rotatable bonds is 6. The number of nitrogens with zero attached hydrogens (tertiary/aromatic N) is 3. The molecule has 0 fully saturated rings. The van der Waals surface area contributed by atoms with Crippen LogP contribution in [-0.4, -0.2) is 35.3 Å². The van der Waals surface area contributed by atoms with E-state index >= 15 is 0 Å². The Bertz CT molecular complexity index is 860. The quantitative estimate of drug-likeness (QED) is 0.469. The maximum absolute atomic E-state index is 5.25. The third-order valence-electron chi connectivity index (χ3n) is 3.89. The second-order valence-corrected chi connectivity index (χ2v) is 5.67. The van der Waals surface area contributed by atoms with Gasteiger partial charge in [0.1, 0.15) is 12.1 Å². The first-order valence-corrected chi connectivity index (χ1v) is 8.30. The van der Waals surface area contributed by atoms with Gasteiger partial charge in [0.2, 0.25) is 0 Å². The molecule has 0 saturated heterocycles. The Kier molecular flexibility index (Phi) is 5.82. The van der Waals surface area contributed by atoms with Gasteiger partial charge in [-0.15, -0.1) is 0 Å².